The first-order chi connectivity index (χ1) is 11.9. The molecule has 1 aliphatic heterocycles. The van der Waals surface area contributed by atoms with Crippen LogP contribution in [0, 0.1) is 12.8 Å². The lowest BCUT2D eigenvalue weighted by atomic mass is 9.76. The van der Waals surface area contributed by atoms with Crippen LogP contribution in [0.3, 0.4) is 0 Å². The number of benzene rings is 1. The Morgan fingerprint density at radius 3 is 2.76 bits per heavy atom. The van der Waals surface area contributed by atoms with Gasteiger partial charge in [-0.05, 0) is 18.2 Å². The average Bonchev–Trinajstić information content (AvgIpc) is 3.14. The van der Waals surface area contributed by atoms with E-state index in [-0.39, 0.29) is 29.7 Å². The van der Waals surface area contributed by atoms with Gasteiger partial charge in [0.05, 0.1) is 12.7 Å². The van der Waals surface area contributed by atoms with Crippen molar-refractivity contribution < 1.29 is 23.5 Å². The molecule has 0 radical (unpaired) electrons. The molecule has 1 aliphatic carbocycles. The van der Waals surface area contributed by atoms with E-state index in [1.54, 1.807) is 25.1 Å². The molecule has 25 heavy (non-hydrogen) atoms. The summed E-state index contributed by atoms with van der Waals surface area (Å²) < 4.78 is 16.6. The van der Waals surface area contributed by atoms with Crippen molar-refractivity contribution in [3.63, 3.8) is 0 Å². The minimum Gasteiger partial charge on any atom is -0.493 e. The smallest absolute Gasteiger partial charge is 0.247 e. The molecule has 2 atom stereocenters. The number of aromatic nitrogens is 2. The summed E-state index contributed by atoms with van der Waals surface area (Å²) in [6, 6.07) is 5.13. The number of allylic oxidation sites excluding steroid dienone is 1. The molecule has 2 unspecified atom stereocenters. The molecule has 0 bridgehead atoms. The topological polar surface area (TPSA) is 91.5 Å². The maximum absolute atomic E-state index is 13.0. The predicted molar refractivity (Wildman–Crippen MR) is 86.0 cm³/mol. The highest BCUT2D eigenvalue weighted by Crippen LogP contribution is 2.45. The number of hydrogen-bond donors (Lipinski definition) is 0. The van der Waals surface area contributed by atoms with Crippen LogP contribution in [0.4, 0.5) is 0 Å². The third-order valence-corrected chi connectivity index (χ3v) is 4.70. The molecule has 2 aliphatic rings. The Morgan fingerprint density at radius 2 is 2.08 bits per heavy atom. The van der Waals surface area contributed by atoms with Gasteiger partial charge in [0.1, 0.15) is 5.75 Å². The summed E-state index contributed by atoms with van der Waals surface area (Å²) in [5.41, 5.74) is -0.0853. The summed E-state index contributed by atoms with van der Waals surface area (Å²) in [6.07, 6.45) is 1.69. The highest BCUT2D eigenvalue weighted by molar-refractivity contribution is 6.11. The first-order valence-electron chi connectivity index (χ1n) is 7.93. The van der Waals surface area contributed by atoms with Gasteiger partial charge >= 0.3 is 0 Å². The van der Waals surface area contributed by atoms with Crippen molar-refractivity contribution >= 4 is 11.6 Å². The Morgan fingerprint density at radius 1 is 1.28 bits per heavy atom. The van der Waals surface area contributed by atoms with Crippen LogP contribution in [0.15, 0.2) is 34.5 Å². The second-order valence-corrected chi connectivity index (χ2v) is 6.30. The zero-order chi connectivity index (χ0) is 17.8. The fourth-order valence-corrected chi connectivity index (χ4v) is 3.32. The number of hydrogen-bond acceptors (Lipinski definition) is 7. The molecule has 0 saturated carbocycles. The molecule has 7 heteroatoms. The van der Waals surface area contributed by atoms with Gasteiger partial charge in [0, 0.05) is 30.9 Å². The molecule has 0 N–H and O–H groups in total. The van der Waals surface area contributed by atoms with E-state index in [9.17, 15) is 9.59 Å². The van der Waals surface area contributed by atoms with Gasteiger partial charge in [-0.3, -0.25) is 9.59 Å². The zero-order valence-corrected chi connectivity index (χ0v) is 14.0. The quantitative estimate of drug-likeness (QED) is 0.829. The normalized spacial score (nSPS) is 24.9. The maximum atomic E-state index is 13.0. The van der Waals surface area contributed by atoms with E-state index in [0.29, 0.717) is 28.7 Å². The number of carbonyl (C=O) groups excluding carboxylic acids is 2. The van der Waals surface area contributed by atoms with E-state index in [1.807, 2.05) is 6.92 Å². The molecular formula is C18H16N2O5. The van der Waals surface area contributed by atoms with E-state index < -0.39 is 5.60 Å². The Balaban J connectivity index is 1.78. The monoisotopic (exact) mass is 340 g/mol. The van der Waals surface area contributed by atoms with Gasteiger partial charge in [-0.1, -0.05) is 6.92 Å². The van der Waals surface area contributed by atoms with Gasteiger partial charge < -0.3 is 13.9 Å². The molecular weight excluding hydrogens is 324 g/mol. The molecule has 128 valence electrons. The summed E-state index contributed by atoms with van der Waals surface area (Å²) in [5, 5.41) is 7.79. The number of ketones is 2. The Kier molecular flexibility index (Phi) is 3.28. The molecule has 4 rings (SSSR count). The molecule has 2 heterocycles. The number of nitrogens with zero attached hydrogens (tertiary/aromatic N) is 2. The van der Waals surface area contributed by atoms with Crippen LogP contribution in [-0.2, 0) is 9.53 Å². The predicted octanol–water partition coefficient (Wildman–Crippen LogP) is 2.50. The minimum absolute atomic E-state index is 0.130. The van der Waals surface area contributed by atoms with E-state index in [0.717, 1.165) is 0 Å². The molecule has 7 nitrogen and oxygen atoms in total. The van der Waals surface area contributed by atoms with Crippen LogP contribution in [0.5, 0.6) is 5.75 Å². The Labute approximate surface area is 143 Å². The van der Waals surface area contributed by atoms with E-state index in [1.165, 1.54) is 13.2 Å². The van der Waals surface area contributed by atoms with Gasteiger partial charge in [-0.25, -0.2) is 0 Å². The molecule has 1 aromatic heterocycles. The van der Waals surface area contributed by atoms with Crippen molar-refractivity contribution in [3.05, 3.63) is 41.5 Å². The molecule has 1 aromatic carbocycles. The molecule has 1 spiro atoms. The van der Waals surface area contributed by atoms with E-state index in [4.69, 9.17) is 13.9 Å². The van der Waals surface area contributed by atoms with Crippen LogP contribution < -0.4 is 4.74 Å². The van der Waals surface area contributed by atoms with Crippen molar-refractivity contribution in [3.8, 4) is 17.2 Å². The van der Waals surface area contributed by atoms with Crippen LogP contribution in [0.2, 0.25) is 0 Å². The lowest BCUT2D eigenvalue weighted by Gasteiger charge is -2.33. The lowest BCUT2D eigenvalue weighted by Crippen LogP contribution is -2.48. The number of aryl methyl sites for hydroxylation is 1. The number of Topliss-reactive ketones (excluding diaryl/α,β-unsaturated/α-hetero) is 2. The minimum atomic E-state index is -1.22. The fourth-order valence-electron chi connectivity index (χ4n) is 3.32. The largest absolute Gasteiger partial charge is 0.493 e. The second-order valence-electron chi connectivity index (χ2n) is 6.30. The van der Waals surface area contributed by atoms with Gasteiger partial charge in [0.15, 0.2) is 17.1 Å². The summed E-state index contributed by atoms with van der Waals surface area (Å²) in [4.78, 5) is 25.0. The second kappa shape index (κ2) is 5.27. The van der Waals surface area contributed by atoms with Gasteiger partial charge in [-0.2, -0.15) is 0 Å². The van der Waals surface area contributed by atoms with Crippen LogP contribution >= 0.6 is 0 Å². The Hall–Kier alpha value is -2.96. The summed E-state index contributed by atoms with van der Waals surface area (Å²) >= 11 is 0. The van der Waals surface area contributed by atoms with Crippen molar-refractivity contribution in [2.75, 3.05) is 7.11 Å². The number of ether oxygens (including phenoxy) is 2. The molecule has 2 aromatic rings. The first-order valence-corrected chi connectivity index (χ1v) is 7.93. The standard InChI is InChI=1S/C18H16N2O5/c1-9-6-13(21)15(23-3)8-18(9)16(22)12-5-4-11(7-14(12)25-18)17-20-19-10(2)24-17/h4-5,7-9H,6H2,1-3H3. The molecule has 0 saturated heterocycles. The van der Waals surface area contributed by atoms with Crippen molar-refractivity contribution in [2.45, 2.75) is 25.9 Å². The van der Waals surface area contributed by atoms with Crippen LogP contribution in [-0.4, -0.2) is 34.5 Å². The van der Waals surface area contributed by atoms with Crippen LogP contribution in [0.1, 0.15) is 29.6 Å². The average molecular weight is 340 g/mol. The molecule has 0 fully saturated rings. The number of carbonyl (C=O) groups is 2. The number of fused-ring (bicyclic) bond motifs is 1. The van der Waals surface area contributed by atoms with E-state index in [2.05, 4.69) is 10.2 Å². The third-order valence-electron chi connectivity index (χ3n) is 4.70. The summed E-state index contributed by atoms with van der Waals surface area (Å²) in [7, 11) is 1.41. The summed E-state index contributed by atoms with van der Waals surface area (Å²) in [6.45, 7) is 3.53. The fraction of sp³-hybridized carbons (Fsp3) is 0.333. The van der Waals surface area contributed by atoms with Crippen molar-refractivity contribution in [1.29, 1.82) is 0 Å². The number of rotatable bonds is 2. The summed E-state index contributed by atoms with van der Waals surface area (Å²) in [5.74, 6) is 0.805. The third kappa shape index (κ3) is 2.19. The highest BCUT2D eigenvalue weighted by Gasteiger charge is 2.54. The van der Waals surface area contributed by atoms with Gasteiger partial charge in [0.2, 0.25) is 17.6 Å². The highest BCUT2D eigenvalue weighted by atomic mass is 16.5. The SMILES string of the molecule is COC1=CC2(Oc3cc(-c4nnc(C)o4)ccc3C2=O)C(C)CC1=O. The lowest BCUT2D eigenvalue weighted by molar-refractivity contribution is -0.121. The van der Waals surface area contributed by atoms with Gasteiger partial charge in [0.25, 0.3) is 0 Å². The van der Waals surface area contributed by atoms with Crippen molar-refractivity contribution in [2.24, 2.45) is 5.92 Å². The van der Waals surface area contributed by atoms with Gasteiger partial charge in [-0.15, -0.1) is 10.2 Å². The maximum Gasteiger partial charge on any atom is 0.247 e. The first kappa shape index (κ1) is 15.6. The number of methoxy groups -OCH3 is 1. The van der Waals surface area contributed by atoms with Crippen molar-refractivity contribution in [1.82, 2.24) is 10.2 Å². The molecule has 0 amide bonds. The van der Waals surface area contributed by atoms with E-state index >= 15 is 0 Å². The van der Waals surface area contributed by atoms with Crippen LogP contribution in [0.25, 0.3) is 11.5 Å². The zero-order valence-electron chi connectivity index (χ0n) is 14.0. The Bertz CT molecular complexity index is 929.